The Kier molecular flexibility index (Phi) is 5.98. The number of alkyl halides is 3. The highest BCUT2D eigenvalue weighted by Gasteiger charge is 2.36. The van der Waals surface area contributed by atoms with Crippen molar-refractivity contribution in [3.8, 4) is 0 Å². The van der Waals surface area contributed by atoms with Gasteiger partial charge in [-0.1, -0.05) is 12.1 Å². The van der Waals surface area contributed by atoms with E-state index in [2.05, 4.69) is 10.3 Å². The molecule has 1 aromatic rings. The molecule has 0 saturated carbocycles. The molecule has 10 heteroatoms. The van der Waals surface area contributed by atoms with Crippen LogP contribution in [0.5, 0.6) is 0 Å². The van der Waals surface area contributed by atoms with Crippen LogP contribution in [0.2, 0.25) is 0 Å². The van der Waals surface area contributed by atoms with E-state index in [1.165, 1.54) is 13.0 Å². The molecule has 0 aliphatic carbocycles. The molecule has 0 radical (unpaired) electrons. The zero-order valence-electron chi connectivity index (χ0n) is 17.6. The number of carbonyl (C=O) groups excluding carboxylic acids is 1. The number of benzene rings is 1. The van der Waals surface area contributed by atoms with Crippen LogP contribution >= 0.6 is 0 Å². The van der Waals surface area contributed by atoms with Crippen LogP contribution in [0.3, 0.4) is 0 Å². The minimum Gasteiger partial charge on any atom is -0.486 e. The molecule has 3 aliphatic rings. The van der Waals surface area contributed by atoms with Gasteiger partial charge in [-0.3, -0.25) is 9.79 Å². The second kappa shape index (κ2) is 8.57. The topological polar surface area (TPSA) is 63.2 Å². The normalized spacial score (nSPS) is 23.8. The van der Waals surface area contributed by atoms with Gasteiger partial charge in [0.15, 0.2) is 0 Å². The molecule has 6 nitrogen and oxygen atoms in total. The Morgan fingerprint density at radius 3 is 2.84 bits per heavy atom. The summed E-state index contributed by atoms with van der Waals surface area (Å²) in [6.45, 7) is 4.95. The first-order valence-electron chi connectivity index (χ1n) is 10.3. The number of carbonyl (C=O) groups is 1. The molecule has 4 rings (SSSR count). The number of fused-ring (bicyclic) bond motifs is 1. The van der Waals surface area contributed by atoms with Crippen LogP contribution in [0, 0.1) is 5.82 Å². The molecule has 0 bridgehead atoms. The standard InChI is InChI=1S/C22H23F4N3O3/c1-12-9-29-10-15(32-14-6-7-31-11-14)8-17(20(29)27-12)21(30)28-13(2)16-4-3-5-18(19(16)23)22(24,25)26/h3-5,8,10,12-14H,6-7,9,11H2,1-2H3,(H,28,30)/t12-,13-,14+/m1/s1. The highest BCUT2D eigenvalue weighted by atomic mass is 19.4. The summed E-state index contributed by atoms with van der Waals surface area (Å²) in [6, 6.07) is 1.96. The van der Waals surface area contributed by atoms with Crippen LogP contribution in [0.1, 0.15) is 37.4 Å². The van der Waals surface area contributed by atoms with Gasteiger partial charge in [0.1, 0.15) is 23.5 Å². The summed E-state index contributed by atoms with van der Waals surface area (Å²) in [7, 11) is 0. The summed E-state index contributed by atoms with van der Waals surface area (Å²) in [5.41, 5.74) is -1.41. The number of allylic oxidation sites excluding steroid dienone is 1. The molecule has 172 valence electrons. The van der Waals surface area contributed by atoms with E-state index in [1.54, 1.807) is 17.2 Å². The van der Waals surface area contributed by atoms with Gasteiger partial charge in [-0.2, -0.15) is 13.2 Å². The van der Waals surface area contributed by atoms with Crippen molar-refractivity contribution in [3.05, 3.63) is 58.8 Å². The first-order valence-corrected chi connectivity index (χ1v) is 10.3. The van der Waals surface area contributed by atoms with Gasteiger partial charge in [-0.05, 0) is 26.0 Å². The molecule has 3 atom stereocenters. The largest absolute Gasteiger partial charge is 0.486 e. The Hall–Kier alpha value is -2.88. The third-order valence-corrected chi connectivity index (χ3v) is 5.47. The van der Waals surface area contributed by atoms with Crippen LogP contribution in [-0.4, -0.2) is 48.5 Å². The predicted molar refractivity (Wildman–Crippen MR) is 108 cm³/mol. The van der Waals surface area contributed by atoms with Crippen molar-refractivity contribution in [1.29, 1.82) is 0 Å². The molecule has 32 heavy (non-hydrogen) atoms. The number of aliphatic imine (C=N–C) groups is 1. The molecule has 0 spiro atoms. The fourth-order valence-electron chi connectivity index (χ4n) is 3.92. The molecule has 1 aromatic carbocycles. The molecule has 3 aliphatic heterocycles. The number of halogens is 4. The number of nitrogens with zero attached hydrogens (tertiary/aromatic N) is 2. The number of hydrogen-bond acceptors (Lipinski definition) is 5. The van der Waals surface area contributed by atoms with E-state index >= 15 is 0 Å². The van der Waals surface area contributed by atoms with Crippen LogP contribution in [0.25, 0.3) is 0 Å². The molecule has 3 heterocycles. The van der Waals surface area contributed by atoms with Gasteiger partial charge in [-0.25, -0.2) is 4.39 Å². The van der Waals surface area contributed by atoms with Crippen molar-refractivity contribution in [3.63, 3.8) is 0 Å². The minimum absolute atomic E-state index is 0.0510. The van der Waals surface area contributed by atoms with E-state index < -0.39 is 29.5 Å². The molecular weight excluding hydrogens is 430 g/mol. The predicted octanol–water partition coefficient (Wildman–Crippen LogP) is 3.71. The van der Waals surface area contributed by atoms with E-state index in [4.69, 9.17) is 9.47 Å². The Balaban J connectivity index is 1.56. The van der Waals surface area contributed by atoms with Crippen molar-refractivity contribution >= 4 is 11.7 Å². The smallest absolute Gasteiger partial charge is 0.419 e. The maximum absolute atomic E-state index is 14.5. The maximum atomic E-state index is 14.5. The van der Waals surface area contributed by atoms with E-state index in [0.29, 0.717) is 37.4 Å². The fraction of sp³-hybridized carbons (Fsp3) is 0.455. The monoisotopic (exact) mass is 453 g/mol. The molecule has 0 unspecified atom stereocenters. The second-order valence-electron chi connectivity index (χ2n) is 8.05. The zero-order valence-corrected chi connectivity index (χ0v) is 17.6. The lowest BCUT2D eigenvalue weighted by Crippen LogP contribution is -2.37. The van der Waals surface area contributed by atoms with Crippen LogP contribution in [0.4, 0.5) is 17.6 Å². The minimum atomic E-state index is -4.83. The highest BCUT2D eigenvalue weighted by Crippen LogP contribution is 2.34. The Morgan fingerprint density at radius 1 is 1.38 bits per heavy atom. The van der Waals surface area contributed by atoms with Crippen molar-refractivity contribution in [1.82, 2.24) is 10.2 Å². The van der Waals surface area contributed by atoms with Gasteiger partial charge in [0.2, 0.25) is 0 Å². The number of ether oxygens (including phenoxy) is 2. The number of rotatable bonds is 5. The average Bonchev–Trinajstić information content (AvgIpc) is 3.35. The Bertz CT molecular complexity index is 997. The van der Waals surface area contributed by atoms with Crippen molar-refractivity contribution < 1.29 is 31.8 Å². The quantitative estimate of drug-likeness (QED) is 0.691. The third-order valence-electron chi connectivity index (χ3n) is 5.47. The zero-order chi connectivity index (χ0) is 23.0. The Morgan fingerprint density at radius 2 is 2.16 bits per heavy atom. The van der Waals surface area contributed by atoms with Gasteiger partial charge in [0, 0.05) is 24.7 Å². The van der Waals surface area contributed by atoms with Crippen molar-refractivity contribution in [2.24, 2.45) is 4.99 Å². The van der Waals surface area contributed by atoms with E-state index in [0.717, 1.165) is 12.5 Å². The first-order chi connectivity index (χ1) is 15.1. The lowest BCUT2D eigenvalue weighted by molar-refractivity contribution is -0.140. The first kappa shape index (κ1) is 22.3. The summed E-state index contributed by atoms with van der Waals surface area (Å²) in [6.07, 6.45) is -0.899. The van der Waals surface area contributed by atoms with Gasteiger partial charge < -0.3 is 19.7 Å². The number of amides is 1. The summed E-state index contributed by atoms with van der Waals surface area (Å²) >= 11 is 0. The van der Waals surface area contributed by atoms with E-state index in [-0.39, 0.29) is 23.3 Å². The van der Waals surface area contributed by atoms with Gasteiger partial charge in [-0.15, -0.1) is 0 Å². The van der Waals surface area contributed by atoms with Gasteiger partial charge in [0.25, 0.3) is 5.91 Å². The third kappa shape index (κ3) is 4.50. The lowest BCUT2D eigenvalue weighted by Gasteiger charge is -2.26. The molecule has 0 aromatic heterocycles. The fourth-order valence-corrected chi connectivity index (χ4v) is 3.92. The summed E-state index contributed by atoms with van der Waals surface area (Å²) in [5, 5.41) is 2.60. The summed E-state index contributed by atoms with van der Waals surface area (Å²) in [4.78, 5) is 19.4. The van der Waals surface area contributed by atoms with E-state index in [9.17, 15) is 22.4 Å². The van der Waals surface area contributed by atoms with Crippen LogP contribution in [-0.2, 0) is 20.4 Å². The summed E-state index contributed by atoms with van der Waals surface area (Å²) in [5.74, 6) is -1.06. The van der Waals surface area contributed by atoms with Gasteiger partial charge in [0.05, 0.1) is 36.4 Å². The SMILES string of the molecule is C[C@@H]1CN2C=C(O[C@H]3CCOC3)C=C(C(=O)N[C@H](C)c3cccc(C(F)(F)F)c3F)C2=N1. The molecule has 1 amide bonds. The van der Waals surface area contributed by atoms with Crippen molar-refractivity contribution in [2.75, 3.05) is 19.8 Å². The maximum Gasteiger partial charge on any atom is 0.419 e. The van der Waals surface area contributed by atoms with Crippen molar-refractivity contribution in [2.45, 2.75) is 44.6 Å². The highest BCUT2D eigenvalue weighted by molar-refractivity contribution is 6.22. The van der Waals surface area contributed by atoms with E-state index in [1.807, 2.05) is 6.92 Å². The Labute approximate surface area is 182 Å². The molecule has 1 N–H and O–H groups in total. The molecule has 1 fully saturated rings. The van der Waals surface area contributed by atoms with Gasteiger partial charge >= 0.3 is 6.18 Å². The lowest BCUT2D eigenvalue weighted by atomic mass is 10.0. The molecular formula is C22H23F4N3O3. The number of amidine groups is 1. The van der Waals surface area contributed by atoms with Crippen LogP contribution in [0.15, 0.2) is 46.8 Å². The second-order valence-corrected chi connectivity index (χ2v) is 8.05. The number of hydrogen-bond donors (Lipinski definition) is 1. The number of nitrogens with one attached hydrogen (secondary N) is 1. The van der Waals surface area contributed by atoms with Crippen LogP contribution < -0.4 is 5.32 Å². The average molecular weight is 453 g/mol. The summed E-state index contributed by atoms with van der Waals surface area (Å²) < 4.78 is 64.9. The molecule has 1 saturated heterocycles.